The van der Waals surface area contributed by atoms with Crippen LogP contribution in [0.3, 0.4) is 0 Å². The minimum atomic E-state index is -3.28. The SMILES string of the molecule is C#CC(C)(C)NS(=O)(=O)CCC(C)(C)C. The van der Waals surface area contributed by atoms with E-state index in [0.29, 0.717) is 6.42 Å². The molecule has 0 fully saturated rings. The molecule has 0 rings (SSSR count). The van der Waals surface area contributed by atoms with Gasteiger partial charge in [0.2, 0.25) is 10.0 Å². The zero-order valence-electron chi connectivity index (χ0n) is 10.2. The van der Waals surface area contributed by atoms with E-state index in [1.54, 1.807) is 13.8 Å². The molecular weight excluding hydrogens is 210 g/mol. The van der Waals surface area contributed by atoms with Crippen LogP contribution in [0, 0.1) is 17.8 Å². The Hall–Kier alpha value is -0.530. The summed E-state index contributed by atoms with van der Waals surface area (Å²) in [6.07, 6.45) is 5.83. The van der Waals surface area contributed by atoms with Crippen molar-refractivity contribution in [2.75, 3.05) is 5.75 Å². The summed E-state index contributed by atoms with van der Waals surface area (Å²) in [5.41, 5.74) is -0.800. The standard InChI is InChI=1S/C11H21NO2S/c1-7-11(5,6)12-15(13,14)9-8-10(2,3)4/h1,12H,8-9H2,2-6H3. The lowest BCUT2D eigenvalue weighted by Crippen LogP contribution is -2.43. The lowest BCUT2D eigenvalue weighted by Gasteiger charge is -2.22. The summed E-state index contributed by atoms with van der Waals surface area (Å²) in [5.74, 6) is 2.52. The maximum absolute atomic E-state index is 11.6. The zero-order chi connectivity index (χ0) is 12.3. The number of terminal acetylenes is 1. The van der Waals surface area contributed by atoms with E-state index < -0.39 is 15.6 Å². The van der Waals surface area contributed by atoms with Gasteiger partial charge in [0.15, 0.2) is 0 Å². The van der Waals surface area contributed by atoms with Gasteiger partial charge in [0.05, 0.1) is 11.3 Å². The van der Waals surface area contributed by atoms with Gasteiger partial charge in [-0.1, -0.05) is 26.7 Å². The fraction of sp³-hybridized carbons (Fsp3) is 0.818. The van der Waals surface area contributed by atoms with Gasteiger partial charge in [-0.05, 0) is 25.7 Å². The molecule has 0 unspecified atom stereocenters. The van der Waals surface area contributed by atoms with Crippen molar-refractivity contribution >= 4 is 10.0 Å². The number of hydrogen-bond acceptors (Lipinski definition) is 2. The molecule has 0 aliphatic rings. The first kappa shape index (κ1) is 14.5. The highest BCUT2D eigenvalue weighted by atomic mass is 32.2. The van der Waals surface area contributed by atoms with E-state index in [-0.39, 0.29) is 11.2 Å². The van der Waals surface area contributed by atoms with Crippen molar-refractivity contribution < 1.29 is 8.42 Å². The lowest BCUT2D eigenvalue weighted by molar-refractivity contribution is 0.395. The first-order valence-electron chi connectivity index (χ1n) is 4.97. The summed E-state index contributed by atoms with van der Waals surface area (Å²) in [6.45, 7) is 9.36. The van der Waals surface area contributed by atoms with Gasteiger partial charge in [-0.3, -0.25) is 0 Å². The van der Waals surface area contributed by atoms with Crippen LogP contribution in [0.15, 0.2) is 0 Å². The van der Waals surface area contributed by atoms with Gasteiger partial charge in [-0.2, -0.15) is 4.72 Å². The summed E-state index contributed by atoms with van der Waals surface area (Å²) < 4.78 is 25.8. The van der Waals surface area contributed by atoms with Crippen LogP contribution in [0.2, 0.25) is 0 Å². The summed E-state index contributed by atoms with van der Waals surface area (Å²) >= 11 is 0. The van der Waals surface area contributed by atoms with E-state index in [9.17, 15) is 8.42 Å². The molecule has 0 aliphatic carbocycles. The van der Waals surface area contributed by atoms with E-state index in [0.717, 1.165) is 0 Å². The second-order valence-electron chi connectivity index (χ2n) is 5.50. The monoisotopic (exact) mass is 231 g/mol. The Kier molecular flexibility index (Phi) is 4.38. The van der Waals surface area contributed by atoms with Gasteiger partial charge in [-0.15, -0.1) is 6.42 Å². The molecule has 0 radical (unpaired) electrons. The Morgan fingerprint density at radius 3 is 2.00 bits per heavy atom. The summed E-state index contributed by atoms with van der Waals surface area (Å²) in [5, 5.41) is 0. The molecule has 88 valence electrons. The largest absolute Gasteiger partial charge is 0.212 e. The third-order valence-electron chi connectivity index (χ3n) is 1.89. The molecular formula is C11H21NO2S. The van der Waals surface area contributed by atoms with E-state index in [1.807, 2.05) is 20.8 Å². The van der Waals surface area contributed by atoms with Crippen molar-refractivity contribution in [2.24, 2.45) is 5.41 Å². The molecule has 0 bridgehead atoms. The average molecular weight is 231 g/mol. The molecule has 0 heterocycles. The maximum atomic E-state index is 11.6. The van der Waals surface area contributed by atoms with E-state index in [2.05, 4.69) is 10.6 Å². The Balaban J connectivity index is 4.42. The van der Waals surface area contributed by atoms with E-state index >= 15 is 0 Å². The van der Waals surface area contributed by atoms with Crippen molar-refractivity contribution in [1.82, 2.24) is 4.72 Å². The molecule has 0 atom stereocenters. The molecule has 0 aromatic carbocycles. The Labute approximate surface area is 93.7 Å². The third kappa shape index (κ3) is 7.40. The molecule has 0 aromatic rings. The normalized spacial score (nSPS) is 13.6. The van der Waals surface area contributed by atoms with Crippen LogP contribution in [0.1, 0.15) is 41.0 Å². The van der Waals surface area contributed by atoms with Crippen molar-refractivity contribution in [2.45, 2.75) is 46.6 Å². The summed E-state index contributed by atoms with van der Waals surface area (Å²) in [6, 6.07) is 0. The molecule has 15 heavy (non-hydrogen) atoms. The van der Waals surface area contributed by atoms with Crippen LogP contribution in [-0.2, 0) is 10.0 Å². The predicted molar refractivity (Wildman–Crippen MR) is 63.9 cm³/mol. The topological polar surface area (TPSA) is 46.2 Å². The van der Waals surface area contributed by atoms with Gasteiger partial charge in [-0.25, -0.2) is 8.42 Å². The Morgan fingerprint density at radius 1 is 1.20 bits per heavy atom. The van der Waals surface area contributed by atoms with Gasteiger partial charge >= 0.3 is 0 Å². The predicted octanol–water partition coefficient (Wildman–Crippen LogP) is 1.75. The molecule has 0 amide bonds. The first-order valence-corrected chi connectivity index (χ1v) is 6.62. The van der Waals surface area contributed by atoms with E-state index in [1.165, 1.54) is 0 Å². The van der Waals surface area contributed by atoms with Crippen LogP contribution < -0.4 is 4.72 Å². The molecule has 1 N–H and O–H groups in total. The van der Waals surface area contributed by atoms with Crippen molar-refractivity contribution in [3.8, 4) is 12.3 Å². The van der Waals surface area contributed by atoms with E-state index in [4.69, 9.17) is 6.42 Å². The Bertz CT molecular complexity index is 342. The van der Waals surface area contributed by atoms with Gasteiger partial charge < -0.3 is 0 Å². The minimum Gasteiger partial charge on any atom is -0.212 e. The summed E-state index contributed by atoms with van der Waals surface area (Å²) in [4.78, 5) is 0. The van der Waals surface area contributed by atoms with Gasteiger partial charge in [0, 0.05) is 0 Å². The fourth-order valence-electron chi connectivity index (χ4n) is 0.910. The first-order chi connectivity index (χ1) is 6.47. The van der Waals surface area contributed by atoms with Gasteiger partial charge in [0.1, 0.15) is 0 Å². The zero-order valence-corrected chi connectivity index (χ0v) is 11.0. The van der Waals surface area contributed by atoms with Crippen LogP contribution in [0.25, 0.3) is 0 Å². The smallest absolute Gasteiger partial charge is 0.212 e. The molecule has 0 aliphatic heterocycles. The molecule has 3 nitrogen and oxygen atoms in total. The second-order valence-corrected chi connectivity index (χ2v) is 7.34. The van der Waals surface area contributed by atoms with Crippen LogP contribution in [0.4, 0.5) is 0 Å². The average Bonchev–Trinajstić information content (AvgIpc) is 1.98. The highest BCUT2D eigenvalue weighted by molar-refractivity contribution is 7.89. The number of sulfonamides is 1. The highest BCUT2D eigenvalue weighted by Gasteiger charge is 2.24. The number of nitrogens with one attached hydrogen (secondary N) is 1. The summed E-state index contributed by atoms with van der Waals surface area (Å²) in [7, 11) is -3.28. The van der Waals surface area contributed by atoms with Crippen molar-refractivity contribution in [1.29, 1.82) is 0 Å². The molecule has 0 aromatic heterocycles. The maximum Gasteiger partial charge on any atom is 0.212 e. The lowest BCUT2D eigenvalue weighted by atomic mass is 9.94. The third-order valence-corrected chi connectivity index (χ3v) is 3.46. The molecule has 0 spiro atoms. The minimum absolute atomic E-state index is 0.00896. The molecule has 4 heteroatoms. The molecule has 0 saturated heterocycles. The van der Waals surface area contributed by atoms with Crippen LogP contribution in [0.5, 0.6) is 0 Å². The Morgan fingerprint density at radius 2 is 1.67 bits per heavy atom. The van der Waals surface area contributed by atoms with Crippen LogP contribution >= 0.6 is 0 Å². The quantitative estimate of drug-likeness (QED) is 0.749. The van der Waals surface area contributed by atoms with Gasteiger partial charge in [0.25, 0.3) is 0 Å². The van der Waals surface area contributed by atoms with Crippen molar-refractivity contribution in [3.05, 3.63) is 0 Å². The number of hydrogen-bond donors (Lipinski definition) is 1. The highest BCUT2D eigenvalue weighted by Crippen LogP contribution is 2.19. The number of rotatable bonds is 4. The fourth-order valence-corrected chi connectivity index (χ4v) is 2.73. The molecule has 0 saturated carbocycles. The second kappa shape index (κ2) is 4.54. The van der Waals surface area contributed by atoms with Crippen LogP contribution in [-0.4, -0.2) is 19.7 Å². The van der Waals surface area contributed by atoms with Crippen molar-refractivity contribution in [3.63, 3.8) is 0 Å².